The third kappa shape index (κ3) is 8.18. The Balaban J connectivity index is 1.60. The molecule has 2 saturated heterocycles. The maximum atomic E-state index is 10.5. The second kappa shape index (κ2) is 13.1. The van der Waals surface area contributed by atoms with Crippen molar-refractivity contribution in [1.29, 1.82) is 0 Å². The number of carbonyl (C=O) groups is 1. The Labute approximate surface area is 165 Å². The van der Waals surface area contributed by atoms with Crippen LogP contribution in [0.25, 0.3) is 0 Å². The molecule has 0 aliphatic carbocycles. The van der Waals surface area contributed by atoms with Crippen molar-refractivity contribution >= 4 is 5.97 Å². The molecule has 2 heterocycles. The first-order valence-corrected chi connectivity index (χ1v) is 11.0. The molecule has 27 heavy (non-hydrogen) atoms. The van der Waals surface area contributed by atoms with Gasteiger partial charge in [0.15, 0.2) is 0 Å². The van der Waals surface area contributed by atoms with Crippen molar-refractivity contribution in [3.63, 3.8) is 0 Å². The molecule has 0 aromatic carbocycles. The molecule has 0 aromatic heterocycles. The quantitative estimate of drug-likeness (QED) is 0.301. The van der Waals surface area contributed by atoms with Crippen LogP contribution in [0.15, 0.2) is 24.3 Å². The zero-order chi connectivity index (χ0) is 19.3. The first-order chi connectivity index (χ1) is 13.2. The summed E-state index contributed by atoms with van der Waals surface area (Å²) in [6.45, 7) is 4.05. The summed E-state index contributed by atoms with van der Waals surface area (Å²) in [6.07, 6.45) is 20.9. The van der Waals surface area contributed by atoms with Crippen molar-refractivity contribution in [3.8, 4) is 0 Å². The molecular weight excluding hydrogens is 340 g/mol. The molecule has 2 rings (SSSR count). The molecular formula is C23H38O4. The Morgan fingerprint density at radius 1 is 1.00 bits per heavy atom. The second-order valence-electron chi connectivity index (χ2n) is 7.98. The molecule has 4 heteroatoms. The number of fused-ring (bicyclic) bond motifs is 2. The second-order valence-corrected chi connectivity index (χ2v) is 7.98. The Morgan fingerprint density at radius 2 is 1.70 bits per heavy atom. The normalized spacial score (nSPS) is 27.3. The van der Waals surface area contributed by atoms with E-state index in [4.69, 9.17) is 14.6 Å². The summed E-state index contributed by atoms with van der Waals surface area (Å²) in [4.78, 5) is 10.5. The largest absolute Gasteiger partial charge is 0.481 e. The van der Waals surface area contributed by atoms with E-state index >= 15 is 0 Å². The summed E-state index contributed by atoms with van der Waals surface area (Å²) in [5.74, 6) is 0.523. The molecule has 0 amide bonds. The number of ether oxygens (including phenoxy) is 2. The van der Waals surface area contributed by atoms with E-state index in [0.717, 1.165) is 26.1 Å². The number of allylic oxidation sites excluding steroid dienone is 3. The third-order valence-electron chi connectivity index (χ3n) is 5.89. The molecule has 0 saturated carbocycles. The van der Waals surface area contributed by atoms with Crippen LogP contribution in [0.1, 0.15) is 77.6 Å². The molecule has 0 unspecified atom stereocenters. The van der Waals surface area contributed by atoms with Gasteiger partial charge in [0.25, 0.3) is 0 Å². The lowest BCUT2D eigenvalue weighted by molar-refractivity contribution is -0.136. The fraction of sp³-hybridized carbons (Fsp3) is 0.783. The highest BCUT2D eigenvalue weighted by molar-refractivity contribution is 5.68. The van der Waals surface area contributed by atoms with Gasteiger partial charge >= 0.3 is 5.97 Å². The van der Waals surface area contributed by atoms with Crippen LogP contribution >= 0.6 is 0 Å². The predicted molar refractivity (Wildman–Crippen MR) is 109 cm³/mol. The van der Waals surface area contributed by atoms with Crippen molar-refractivity contribution in [2.45, 2.75) is 89.8 Å². The minimum absolute atomic E-state index is 0.0882. The summed E-state index contributed by atoms with van der Waals surface area (Å²) in [7, 11) is 0. The van der Waals surface area contributed by atoms with Crippen LogP contribution in [-0.4, -0.2) is 36.5 Å². The van der Waals surface area contributed by atoms with Gasteiger partial charge in [0.2, 0.25) is 0 Å². The lowest BCUT2D eigenvalue weighted by Crippen LogP contribution is -2.26. The lowest BCUT2D eigenvalue weighted by atomic mass is 9.75. The molecule has 0 aromatic rings. The molecule has 2 aliphatic rings. The molecule has 2 aliphatic heterocycles. The standard InChI is InChI=1S/C23H38O4/c1-2-3-4-10-17-26-18-11-9-13-20-19(21-15-16-22(20)27-21)12-7-5-6-8-14-23(24)25/h5-8,19-22H,2-4,9-18H2,1H3,(H,24,25)/b7-5-,8-6?/t19-,20+,21-,22+/m1/s1. The number of hydrogen-bond acceptors (Lipinski definition) is 3. The van der Waals surface area contributed by atoms with E-state index in [0.29, 0.717) is 24.0 Å². The highest BCUT2D eigenvalue weighted by Crippen LogP contribution is 2.47. The monoisotopic (exact) mass is 378 g/mol. The van der Waals surface area contributed by atoms with Gasteiger partial charge in [-0.15, -0.1) is 0 Å². The highest BCUT2D eigenvalue weighted by atomic mass is 16.5. The topological polar surface area (TPSA) is 55.8 Å². The molecule has 2 bridgehead atoms. The minimum atomic E-state index is -0.786. The van der Waals surface area contributed by atoms with Crippen LogP contribution in [0, 0.1) is 11.8 Å². The smallest absolute Gasteiger partial charge is 0.307 e. The molecule has 0 spiro atoms. The van der Waals surface area contributed by atoms with Crippen LogP contribution < -0.4 is 0 Å². The lowest BCUT2D eigenvalue weighted by Gasteiger charge is -2.27. The SMILES string of the molecule is CCCCCCOCCCC[C@H]1[C@@H](C/C=C\C=CCC(=O)O)[C@H]2CC[C@@H]1O2. The van der Waals surface area contributed by atoms with Gasteiger partial charge in [-0.25, -0.2) is 0 Å². The van der Waals surface area contributed by atoms with E-state index < -0.39 is 5.97 Å². The molecule has 4 nitrogen and oxygen atoms in total. The Bertz CT molecular complexity index is 471. The third-order valence-corrected chi connectivity index (χ3v) is 5.89. The molecule has 1 N–H and O–H groups in total. The number of carboxylic acids is 1. The van der Waals surface area contributed by atoms with Crippen molar-refractivity contribution in [2.24, 2.45) is 11.8 Å². The van der Waals surface area contributed by atoms with Gasteiger partial charge in [0.05, 0.1) is 18.6 Å². The van der Waals surface area contributed by atoms with Crippen molar-refractivity contribution in [1.82, 2.24) is 0 Å². The Hall–Kier alpha value is -1.13. The van der Waals surface area contributed by atoms with Gasteiger partial charge in [-0.1, -0.05) is 56.9 Å². The Morgan fingerprint density at radius 3 is 2.44 bits per heavy atom. The van der Waals surface area contributed by atoms with Crippen LogP contribution in [0.2, 0.25) is 0 Å². The number of rotatable bonds is 15. The maximum absolute atomic E-state index is 10.5. The van der Waals surface area contributed by atoms with Crippen LogP contribution in [0.4, 0.5) is 0 Å². The average molecular weight is 379 g/mol. The molecule has 4 atom stereocenters. The first kappa shape index (κ1) is 22.2. The predicted octanol–water partition coefficient (Wildman–Crippen LogP) is 5.52. The maximum Gasteiger partial charge on any atom is 0.307 e. The zero-order valence-corrected chi connectivity index (χ0v) is 17.0. The van der Waals surface area contributed by atoms with Gasteiger partial charge in [0.1, 0.15) is 0 Å². The minimum Gasteiger partial charge on any atom is -0.481 e. The van der Waals surface area contributed by atoms with Crippen molar-refractivity contribution in [2.75, 3.05) is 13.2 Å². The van der Waals surface area contributed by atoms with Crippen molar-refractivity contribution < 1.29 is 19.4 Å². The molecule has 2 fully saturated rings. The van der Waals surface area contributed by atoms with Gasteiger partial charge < -0.3 is 14.6 Å². The number of aliphatic carboxylic acids is 1. The summed E-state index contributed by atoms with van der Waals surface area (Å²) >= 11 is 0. The number of hydrogen-bond donors (Lipinski definition) is 1. The van der Waals surface area contributed by atoms with Gasteiger partial charge in [0, 0.05) is 13.2 Å². The van der Waals surface area contributed by atoms with Crippen LogP contribution in [0.3, 0.4) is 0 Å². The Kier molecular flexibility index (Phi) is 10.8. The van der Waals surface area contributed by atoms with Crippen LogP contribution in [0.5, 0.6) is 0 Å². The van der Waals surface area contributed by atoms with Gasteiger partial charge in [-0.2, -0.15) is 0 Å². The summed E-state index contributed by atoms with van der Waals surface area (Å²) in [6, 6.07) is 0. The van der Waals surface area contributed by atoms with Gasteiger partial charge in [-0.05, 0) is 50.4 Å². The van der Waals surface area contributed by atoms with Gasteiger partial charge in [-0.3, -0.25) is 4.79 Å². The summed E-state index contributed by atoms with van der Waals surface area (Å²) < 4.78 is 11.9. The van der Waals surface area contributed by atoms with Crippen molar-refractivity contribution in [3.05, 3.63) is 24.3 Å². The highest BCUT2D eigenvalue weighted by Gasteiger charge is 2.47. The van der Waals surface area contributed by atoms with E-state index in [1.165, 1.54) is 51.4 Å². The number of carboxylic acid groups (broad SMARTS) is 1. The summed E-state index contributed by atoms with van der Waals surface area (Å²) in [5, 5.41) is 8.63. The fourth-order valence-corrected chi connectivity index (χ4v) is 4.48. The van der Waals surface area contributed by atoms with Crippen LogP contribution in [-0.2, 0) is 14.3 Å². The zero-order valence-electron chi connectivity index (χ0n) is 17.0. The molecule has 0 radical (unpaired) electrons. The van der Waals surface area contributed by atoms with E-state index in [9.17, 15) is 4.79 Å². The average Bonchev–Trinajstić information content (AvgIpc) is 3.25. The van der Waals surface area contributed by atoms with E-state index in [1.54, 1.807) is 6.08 Å². The first-order valence-electron chi connectivity index (χ1n) is 11.0. The fourth-order valence-electron chi connectivity index (χ4n) is 4.48. The van der Waals surface area contributed by atoms with E-state index in [-0.39, 0.29) is 6.42 Å². The molecule has 154 valence electrons. The van der Waals surface area contributed by atoms with E-state index in [2.05, 4.69) is 13.0 Å². The number of unbranched alkanes of at least 4 members (excludes halogenated alkanes) is 4. The van der Waals surface area contributed by atoms with E-state index in [1.807, 2.05) is 12.2 Å². The summed E-state index contributed by atoms with van der Waals surface area (Å²) in [5.41, 5.74) is 0.